The van der Waals surface area contributed by atoms with Gasteiger partial charge in [-0.2, -0.15) is 4.58 Å². The lowest BCUT2D eigenvalue weighted by molar-refractivity contribution is -0.438. The normalized spacial score (nSPS) is 16.3. The van der Waals surface area contributed by atoms with Gasteiger partial charge in [-0.05, 0) is 60.0 Å². The fraction of sp³-hybridized carbons (Fsp3) is 0.303. The van der Waals surface area contributed by atoms with Crippen molar-refractivity contribution in [3.63, 3.8) is 0 Å². The molecule has 1 N–H and O–H groups in total. The standard InChI is InChI=1S/C18H19NO2.C15H15N.BrH/c1-12-18(2,3)17-14-7-5-4-6-13(14)8-9-15(17)19(12)11-10-16(20)21;1-10-15(2,3)14-12-7-5-4-6-11(12)8-9-13(14)16-10;/h4-9H,10-11H2,1-3H3;4-9H,1-3H3;1H. The molecule has 0 saturated heterocycles. The van der Waals surface area contributed by atoms with Crippen LogP contribution in [0.2, 0.25) is 0 Å². The van der Waals surface area contributed by atoms with E-state index in [1.165, 1.54) is 44.1 Å². The van der Waals surface area contributed by atoms with Crippen molar-refractivity contribution in [1.29, 1.82) is 0 Å². The first kappa shape index (κ1) is 27.7. The Bertz CT molecular complexity index is 1630. The van der Waals surface area contributed by atoms with Gasteiger partial charge >= 0.3 is 5.97 Å². The van der Waals surface area contributed by atoms with Gasteiger partial charge in [-0.1, -0.05) is 68.4 Å². The van der Waals surface area contributed by atoms with Gasteiger partial charge < -0.3 is 22.1 Å². The molecule has 0 saturated carbocycles. The van der Waals surface area contributed by atoms with Crippen LogP contribution in [0.4, 0.5) is 11.4 Å². The van der Waals surface area contributed by atoms with Gasteiger partial charge in [0.15, 0.2) is 12.3 Å². The third kappa shape index (κ3) is 4.47. The van der Waals surface area contributed by atoms with Gasteiger partial charge in [-0.25, -0.2) is 0 Å². The van der Waals surface area contributed by atoms with Gasteiger partial charge in [0.2, 0.25) is 5.69 Å². The molecule has 0 fully saturated rings. The molecule has 4 aromatic rings. The summed E-state index contributed by atoms with van der Waals surface area (Å²) in [5.41, 5.74) is 7.39. The summed E-state index contributed by atoms with van der Waals surface area (Å²) in [5, 5.41) is 14.1. The second kappa shape index (κ2) is 10.1. The predicted octanol–water partition coefficient (Wildman–Crippen LogP) is 4.94. The largest absolute Gasteiger partial charge is 1.00 e. The average Bonchev–Trinajstić information content (AvgIpc) is 3.23. The molecule has 2 aliphatic heterocycles. The maximum absolute atomic E-state index is 10.9. The Balaban J connectivity index is 0.000000178. The molecule has 2 heterocycles. The summed E-state index contributed by atoms with van der Waals surface area (Å²) < 4.78 is 2.16. The molecule has 0 aromatic heterocycles. The van der Waals surface area contributed by atoms with Crippen molar-refractivity contribution >= 4 is 50.3 Å². The monoisotopic (exact) mass is 570 g/mol. The zero-order valence-corrected chi connectivity index (χ0v) is 24.6. The third-order valence-corrected chi connectivity index (χ3v) is 8.41. The van der Waals surface area contributed by atoms with E-state index in [1.807, 2.05) is 0 Å². The zero-order chi connectivity index (χ0) is 26.5. The quantitative estimate of drug-likeness (QED) is 0.355. The van der Waals surface area contributed by atoms with Gasteiger partial charge in [0.1, 0.15) is 6.42 Å². The minimum Gasteiger partial charge on any atom is -1.00 e. The number of fused-ring (bicyclic) bond motifs is 6. The van der Waals surface area contributed by atoms with E-state index >= 15 is 0 Å². The lowest BCUT2D eigenvalue weighted by atomic mass is 9.80. The number of aliphatic carboxylic acids is 1. The maximum Gasteiger partial charge on any atom is 0.309 e. The van der Waals surface area contributed by atoms with Gasteiger partial charge in [0.25, 0.3) is 0 Å². The molecule has 0 atom stereocenters. The molecule has 0 spiro atoms. The maximum atomic E-state index is 10.9. The molecule has 0 aliphatic carbocycles. The Hall–Kier alpha value is -3.31. The van der Waals surface area contributed by atoms with Crippen molar-refractivity contribution in [2.75, 3.05) is 6.54 Å². The van der Waals surface area contributed by atoms with E-state index in [0.29, 0.717) is 6.54 Å². The van der Waals surface area contributed by atoms with Crippen LogP contribution in [0.5, 0.6) is 0 Å². The van der Waals surface area contributed by atoms with Crippen LogP contribution in [0, 0.1) is 0 Å². The Kier molecular flexibility index (Phi) is 7.37. The number of rotatable bonds is 3. The summed E-state index contributed by atoms with van der Waals surface area (Å²) in [7, 11) is 0. The summed E-state index contributed by atoms with van der Waals surface area (Å²) >= 11 is 0. The second-order valence-electron chi connectivity index (χ2n) is 11.2. The SMILES string of the molecule is CC1=Nc2ccc3ccccc3c2C1(C)C.CC1=[N+](CCC(=O)O)c2ccc3ccccc3c2C1(C)C.[Br-]. The van der Waals surface area contributed by atoms with Crippen LogP contribution in [-0.4, -0.2) is 33.6 Å². The van der Waals surface area contributed by atoms with Crippen LogP contribution in [-0.2, 0) is 15.6 Å². The summed E-state index contributed by atoms with van der Waals surface area (Å²) in [4.78, 5) is 15.6. The van der Waals surface area contributed by atoms with Crippen LogP contribution < -0.4 is 17.0 Å². The van der Waals surface area contributed by atoms with E-state index in [-0.39, 0.29) is 34.2 Å². The predicted molar refractivity (Wildman–Crippen MR) is 154 cm³/mol. The van der Waals surface area contributed by atoms with E-state index in [0.717, 1.165) is 11.4 Å². The molecule has 4 aromatic carbocycles. The van der Waals surface area contributed by atoms with Crippen molar-refractivity contribution in [2.24, 2.45) is 4.99 Å². The summed E-state index contributed by atoms with van der Waals surface area (Å²) in [5.74, 6) is -0.755. The first-order valence-corrected chi connectivity index (χ1v) is 13.0. The number of carboxylic acids is 1. The highest BCUT2D eigenvalue weighted by atomic mass is 79.9. The van der Waals surface area contributed by atoms with Gasteiger partial charge in [0.05, 0.1) is 11.1 Å². The molecule has 0 bridgehead atoms. The molecule has 6 rings (SSSR count). The van der Waals surface area contributed by atoms with Crippen LogP contribution in [0.15, 0.2) is 77.8 Å². The highest BCUT2D eigenvalue weighted by molar-refractivity contribution is 6.06. The Morgan fingerprint density at radius 1 is 0.789 bits per heavy atom. The minimum absolute atomic E-state index is 0. The van der Waals surface area contributed by atoms with E-state index in [2.05, 4.69) is 124 Å². The van der Waals surface area contributed by atoms with Crippen molar-refractivity contribution in [1.82, 2.24) is 0 Å². The number of benzene rings is 4. The highest BCUT2D eigenvalue weighted by Crippen LogP contribution is 2.45. The third-order valence-electron chi connectivity index (χ3n) is 8.41. The molecule has 4 nitrogen and oxygen atoms in total. The van der Waals surface area contributed by atoms with E-state index in [4.69, 9.17) is 5.11 Å². The lowest BCUT2D eigenvalue weighted by Crippen LogP contribution is -3.00. The molecule has 5 heteroatoms. The van der Waals surface area contributed by atoms with Crippen molar-refractivity contribution in [2.45, 2.75) is 58.8 Å². The van der Waals surface area contributed by atoms with E-state index < -0.39 is 5.97 Å². The number of carboxylic acid groups (broad SMARTS) is 1. The Morgan fingerprint density at radius 2 is 1.34 bits per heavy atom. The zero-order valence-electron chi connectivity index (χ0n) is 23.0. The van der Waals surface area contributed by atoms with Crippen molar-refractivity contribution in [3.05, 3.63) is 83.9 Å². The smallest absolute Gasteiger partial charge is 0.309 e. The minimum atomic E-state index is -0.755. The molecule has 2 aliphatic rings. The van der Waals surface area contributed by atoms with E-state index in [9.17, 15) is 4.79 Å². The number of nitrogens with zero attached hydrogens (tertiary/aromatic N) is 2. The number of aliphatic imine (C=N–C) groups is 1. The Labute approximate surface area is 235 Å². The summed E-state index contributed by atoms with van der Waals surface area (Å²) in [6.45, 7) is 13.7. The van der Waals surface area contributed by atoms with Gasteiger partial charge in [-0.15, -0.1) is 0 Å². The first-order valence-electron chi connectivity index (χ1n) is 13.0. The highest BCUT2D eigenvalue weighted by Gasteiger charge is 2.44. The van der Waals surface area contributed by atoms with Crippen LogP contribution in [0.25, 0.3) is 21.5 Å². The van der Waals surface area contributed by atoms with Gasteiger partial charge in [0, 0.05) is 29.7 Å². The molecule has 38 heavy (non-hydrogen) atoms. The van der Waals surface area contributed by atoms with Crippen molar-refractivity contribution in [3.8, 4) is 0 Å². The number of halogens is 1. The number of hydrogen-bond acceptors (Lipinski definition) is 2. The lowest BCUT2D eigenvalue weighted by Gasteiger charge is -2.21. The molecular formula is C33H35BrN2O2. The Morgan fingerprint density at radius 3 is 1.95 bits per heavy atom. The van der Waals surface area contributed by atoms with Crippen LogP contribution in [0.1, 0.15) is 59.1 Å². The van der Waals surface area contributed by atoms with Crippen LogP contribution in [0.3, 0.4) is 0 Å². The van der Waals surface area contributed by atoms with Crippen molar-refractivity contribution < 1.29 is 31.5 Å². The average molecular weight is 572 g/mol. The fourth-order valence-electron chi connectivity index (χ4n) is 5.85. The van der Waals surface area contributed by atoms with Gasteiger partial charge in [-0.3, -0.25) is 9.79 Å². The number of carbonyl (C=O) groups is 1. The van der Waals surface area contributed by atoms with Crippen LogP contribution >= 0.6 is 0 Å². The fourth-order valence-corrected chi connectivity index (χ4v) is 5.85. The molecule has 196 valence electrons. The summed E-state index contributed by atoms with van der Waals surface area (Å²) in [6, 6.07) is 25.5. The summed E-state index contributed by atoms with van der Waals surface area (Å²) in [6.07, 6.45) is 0.152. The first-order chi connectivity index (χ1) is 17.5. The molecular weight excluding hydrogens is 536 g/mol. The molecule has 0 radical (unpaired) electrons. The topological polar surface area (TPSA) is 52.7 Å². The molecule has 0 amide bonds. The number of hydrogen-bond donors (Lipinski definition) is 1. The molecule has 0 unspecified atom stereocenters. The second-order valence-corrected chi connectivity index (χ2v) is 11.2. The van der Waals surface area contributed by atoms with E-state index in [1.54, 1.807) is 0 Å².